The molecule has 0 saturated carbocycles. The Hall–Kier alpha value is -0.930. The summed E-state index contributed by atoms with van der Waals surface area (Å²) in [6, 6.07) is 3.96. The number of aryl methyl sites for hydroxylation is 2. The number of ketones is 1. The summed E-state index contributed by atoms with van der Waals surface area (Å²) >= 11 is 3.17. The van der Waals surface area contributed by atoms with Gasteiger partial charge in [0.15, 0.2) is 0 Å². The van der Waals surface area contributed by atoms with E-state index in [9.17, 15) is 4.79 Å². The summed E-state index contributed by atoms with van der Waals surface area (Å²) in [5.41, 5.74) is 2.02. The first kappa shape index (κ1) is 10.6. The van der Waals surface area contributed by atoms with Gasteiger partial charge in [0.2, 0.25) is 5.78 Å². The highest BCUT2D eigenvalue weighted by Crippen LogP contribution is 2.24. The minimum absolute atomic E-state index is 0.181. The van der Waals surface area contributed by atoms with Crippen molar-refractivity contribution in [2.24, 2.45) is 0 Å². The lowest BCUT2D eigenvalue weighted by atomic mass is 10.1. The molecule has 15 heavy (non-hydrogen) atoms. The quantitative estimate of drug-likeness (QED) is 0.738. The highest BCUT2D eigenvalue weighted by molar-refractivity contribution is 7.13. The van der Waals surface area contributed by atoms with Crippen LogP contribution in [0.3, 0.4) is 0 Å². The monoisotopic (exact) mass is 236 g/mol. The largest absolute Gasteiger partial charge is 0.288 e. The Morgan fingerprint density at radius 1 is 1.27 bits per heavy atom. The minimum atomic E-state index is 0.181. The van der Waals surface area contributed by atoms with Gasteiger partial charge in [0.25, 0.3) is 0 Å². The van der Waals surface area contributed by atoms with Crippen LogP contribution in [-0.4, -0.2) is 5.78 Å². The van der Waals surface area contributed by atoms with Crippen molar-refractivity contribution in [3.8, 4) is 0 Å². The fraction of sp³-hybridized carbons (Fsp3) is 0.250. The molecule has 0 N–H and O–H groups in total. The summed E-state index contributed by atoms with van der Waals surface area (Å²) in [6.45, 7) is 4.08. The first-order valence-electron chi connectivity index (χ1n) is 4.89. The molecule has 78 valence electrons. The number of hydrogen-bond acceptors (Lipinski definition) is 3. The zero-order valence-electron chi connectivity index (χ0n) is 8.74. The van der Waals surface area contributed by atoms with Crippen LogP contribution in [0, 0.1) is 6.92 Å². The lowest BCUT2D eigenvalue weighted by Gasteiger charge is -1.99. The highest BCUT2D eigenvalue weighted by atomic mass is 32.1. The first-order chi connectivity index (χ1) is 7.24. The van der Waals surface area contributed by atoms with Crippen LogP contribution < -0.4 is 0 Å². The molecule has 0 spiro atoms. The van der Waals surface area contributed by atoms with Gasteiger partial charge in [0.05, 0.1) is 4.88 Å². The van der Waals surface area contributed by atoms with Crippen LogP contribution in [0.25, 0.3) is 0 Å². The predicted molar refractivity (Wildman–Crippen MR) is 66.2 cm³/mol. The number of carbonyl (C=O) groups excluding carboxylic acids is 1. The fourth-order valence-electron chi connectivity index (χ4n) is 1.56. The van der Waals surface area contributed by atoms with E-state index in [1.807, 2.05) is 29.8 Å². The number of carbonyl (C=O) groups is 1. The molecular weight excluding hydrogens is 224 g/mol. The third kappa shape index (κ3) is 1.90. The predicted octanol–water partition coefficient (Wildman–Crippen LogP) is 3.91. The first-order valence-corrected chi connectivity index (χ1v) is 6.65. The van der Waals surface area contributed by atoms with E-state index in [-0.39, 0.29) is 5.78 Å². The van der Waals surface area contributed by atoms with E-state index in [1.165, 1.54) is 0 Å². The normalized spacial score (nSPS) is 10.5. The van der Waals surface area contributed by atoms with Crippen molar-refractivity contribution in [3.63, 3.8) is 0 Å². The Morgan fingerprint density at radius 2 is 2.00 bits per heavy atom. The van der Waals surface area contributed by atoms with Crippen LogP contribution in [0.15, 0.2) is 22.9 Å². The zero-order valence-corrected chi connectivity index (χ0v) is 10.4. The summed E-state index contributed by atoms with van der Waals surface area (Å²) in [4.78, 5) is 14.2. The smallest absolute Gasteiger partial charge is 0.204 e. The average molecular weight is 236 g/mol. The van der Waals surface area contributed by atoms with Gasteiger partial charge in [-0.25, -0.2) is 0 Å². The van der Waals surface area contributed by atoms with E-state index < -0.39 is 0 Å². The van der Waals surface area contributed by atoms with Gasteiger partial charge >= 0.3 is 0 Å². The zero-order chi connectivity index (χ0) is 10.8. The van der Waals surface area contributed by atoms with Crippen LogP contribution in [0.2, 0.25) is 0 Å². The highest BCUT2D eigenvalue weighted by Gasteiger charge is 2.16. The van der Waals surface area contributed by atoms with Crippen molar-refractivity contribution in [1.82, 2.24) is 0 Å². The van der Waals surface area contributed by atoms with Crippen LogP contribution in [-0.2, 0) is 6.42 Å². The minimum Gasteiger partial charge on any atom is -0.288 e. The summed E-state index contributed by atoms with van der Waals surface area (Å²) < 4.78 is 0. The molecule has 2 aromatic heterocycles. The molecule has 0 aromatic carbocycles. The van der Waals surface area contributed by atoms with E-state index in [0.29, 0.717) is 0 Å². The third-order valence-corrected chi connectivity index (χ3v) is 4.24. The van der Waals surface area contributed by atoms with Gasteiger partial charge in [-0.2, -0.15) is 0 Å². The van der Waals surface area contributed by atoms with Crippen molar-refractivity contribution in [1.29, 1.82) is 0 Å². The number of thiophene rings is 2. The summed E-state index contributed by atoms with van der Waals surface area (Å²) in [7, 11) is 0. The summed E-state index contributed by atoms with van der Waals surface area (Å²) in [5, 5.41) is 3.97. The fourth-order valence-corrected chi connectivity index (χ4v) is 3.20. The SMILES string of the molecule is CCc1ccsc1C(=O)c1ccsc1C. The molecule has 2 rings (SSSR count). The van der Waals surface area contributed by atoms with Gasteiger partial charge in [0.1, 0.15) is 0 Å². The molecule has 1 nitrogen and oxygen atoms in total. The maximum Gasteiger partial charge on any atom is 0.204 e. The molecule has 0 bridgehead atoms. The molecular formula is C12H12OS2. The number of rotatable bonds is 3. The molecule has 0 radical (unpaired) electrons. The lowest BCUT2D eigenvalue weighted by Crippen LogP contribution is -2.01. The molecule has 0 saturated heterocycles. The Morgan fingerprint density at radius 3 is 2.60 bits per heavy atom. The molecule has 0 fully saturated rings. The van der Waals surface area contributed by atoms with E-state index in [4.69, 9.17) is 0 Å². The second-order valence-corrected chi connectivity index (χ2v) is 5.38. The van der Waals surface area contributed by atoms with E-state index in [0.717, 1.165) is 27.3 Å². The van der Waals surface area contributed by atoms with Crippen molar-refractivity contribution in [3.05, 3.63) is 43.8 Å². The van der Waals surface area contributed by atoms with Crippen LogP contribution >= 0.6 is 22.7 Å². The maximum atomic E-state index is 12.2. The second-order valence-electron chi connectivity index (χ2n) is 3.35. The van der Waals surface area contributed by atoms with Crippen LogP contribution in [0.4, 0.5) is 0 Å². The molecule has 0 amide bonds. The third-order valence-electron chi connectivity index (χ3n) is 2.44. The molecule has 0 atom stereocenters. The topological polar surface area (TPSA) is 17.1 Å². The Balaban J connectivity index is 2.41. The van der Waals surface area contributed by atoms with E-state index in [2.05, 4.69) is 6.92 Å². The van der Waals surface area contributed by atoms with Gasteiger partial charge < -0.3 is 0 Å². The molecule has 0 aliphatic rings. The summed E-state index contributed by atoms with van der Waals surface area (Å²) in [5.74, 6) is 0.181. The number of hydrogen-bond donors (Lipinski definition) is 0. The van der Waals surface area contributed by atoms with E-state index >= 15 is 0 Å². The summed E-state index contributed by atoms with van der Waals surface area (Å²) in [6.07, 6.45) is 0.924. The molecule has 0 unspecified atom stereocenters. The van der Waals surface area contributed by atoms with Gasteiger partial charge in [-0.1, -0.05) is 6.92 Å². The van der Waals surface area contributed by atoms with Gasteiger partial charge in [-0.3, -0.25) is 4.79 Å². The Labute approximate surface area is 97.4 Å². The van der Waals surface area contributed by atoms with Crippen molar-refractivity contribution in [2.45, 2.75) is 20.3 Å². The lowest BCUT2D eigenvalue weighted by molar-refractivity contribution is 0.104. The molecule has 0 aliphatic heterocycles. The van der Waals surface area contributed by atoms with E-state index in [1.54, 1.807) is 22.7 Å². The van der Waals surface area contributed by atoms with Gasteiger partial charge in [0, 0.05) is 10.4 Å². The molecule has 2 heterocycles. The standard InChI is InChI=1S/C12H12OS2/c1-3-9-4-6-15-12(9)11(13)10-5-7-14-8(10)2/h4-7H,3H2,1-2H3. The molecule has 0 aliphatic carbocycles. The van der Waals surface area contributed by atoms with Gasteiger partial charge in [-0.15, -0.1) is 22.7 Å². The van der Waals surface area contributed by atoms with Crippen molar-refractivity contribution >= 4 is 28.5 Å². The van der Waals surface area contributed by atoms with Crippen LogP contribution in [0.1, 0.15) is 32.6 Å². The van der Waals surface area contributed by atoms with Gasteiger partial charge in [-0.05, 0) is 41.8 Å². The second kappa shape index (κ2) is 4.29. The van der Waals surface area contributed by atoms with Crippen molar-refractivity contribution in [2.75, 3.05) is 0 Å². The van der Waals surface area contributed by atoms with Crippen molar-refractivity contribution < 1.29 is 4.79 Å². The molecule has 2 aromatic rings. The maximum absolute atomic E-state index is 12.2. The van der Waals surface area contributed by atoms with Crippen LogP contribution in [0.5, 0.6) is 0 Å². The Kier molecular flexibility index (Phi) is 3.03. The average Bonchev–Trinajstić information content (AvgIpc) is 2.84. The molecule has 3 heteroatoms. The Bertz CT molecular complexity index is 479.